The van der Waals surface area contributed by atoms with Gasteiger partial charge in [-0.05, 0) is 49.7 Å². The van der Waals surface area contributed by atoms with E-state index in [1.165, 1.54) is 30.0 Å². The van der Waals surface area contributed by atoms with Crippen LogP contribution in [0.4, 0.5) is 10.1 Å². The van der Waals surface area contributed by atoms with Crippen molar-refractivity contribution >= 4 is 27.5 Å². The molecule has 0 aliphatic rings. The zero-order valence-electron chi connectivity index (χ0n) is 21.6. The smallest absolute Gasteiger partial charge is 0.244 e. The number of nitrogens with zero attached hydrogens (tertiary/aromatic N) is 2. The zero-order chi connectivity index (χ0) is 27.7. The number of anilines is 1. The van der Waals surface area contributed by atoms with Crippen molar-refractivity contribution in [2.24, 2.45) is 0 Å². The van der Waals surface area contributed by atoms with Crippen LogP contribution in [-0.2, 0) is 32.8 Å². The third kappa shape index (κ3) is 7.79. The summed E-state index contributed by atoms with van der Waals surface area (Å²) in [4.78, 5) is 27.2. The van der Waals surface area contributed by atoms with Crippen LogP contribution in [0.15, 0.2) is 78.9 Å². The zero-order valence-corrected chi connectivity index (χ0v) is 22.4. The van der Waals surface area contributed by atoms with Crippen LogP contribution in [0.3, 0.4) is 0 Å². The van der Waals surface area contributed by atoms with Crippen LogP contribution in [0.1, 0.15) is 25.0 Å². The monoisotopic (exact) mass is 541 g/mol. The molecule has 0 radical (unpaired) electrons. The largest absolute Gasteiger partial charge is 0.489 e. The molecule has 0 heterocycles. The van der Waals surface area contributed by atoms with E-state index < -0.39 is 40.2 Å². The Morgan fingerprint density at radius 2 is 1.61 bits per heavy atom. The second-order valence-electron chi connectivity index (χ2n) is 8.72. The van der Waals surface area contributed by atoms with Gasteiger partial charge < -0.3 is 15.0 Å². The van der Waals surface area contributed by atoms with E-state index in [1.807, 2.05) is 30.3 Å². The minimum Gasteiger partial charge on any atom is -0.489 e. The first-order valence-electron chi connectivity index (χ1n) is 12.1. The first kappa shape index (κ1) is 28.6. The Hall–Kier alpha value is -3.92. The summed E-state index contributed by atoms with van der Waals surface area (Å²) >= 11 is 0. The number of benzene rings is 3. The molecule has 0 saturated carbocycles. The molecule has 38 heavy (non-hydrogen) atoms. The lowest BCUT2D eigenvalue weighted by Crippen LogP contribution is -2.51. The topological polar surface area (TPSA) is 96.0 Å². The fraction of sp³-hybridized carbons (Fsp3) is 0.286. The van der Waals surface area contributed by atoms with Crippen molar-refractivity contribution in [2.45, 2.75) is 33.0 Å². The lowest BCUT2D eigenvalue weighted by Gasteiger charge is -2.31. The highest BCUT2D eigenvalue weighted by atomic mass is 32.2. The first-order chi connectivity index (χ1) is 18.1. The van der Waals surface area contributed by atoms with Crippen LogP contribution >= 0.6 is 0 Å². The standard InChI is InChI=1S/C28H32FN3O5S/c1-4-30-28(34)21(2)31(18-23-12-8-9-13-26(23)29)27(33)19-32(38(3,35)36)24-14-16-25(17-15-24)37-20-22-10-6-5-7-11-22/h5-17,21H,4,18-20H2,1-3H3,(H,30,34)/t21-/m0/s1. The van der Waals surface area contributed by atoms with Crippen LogP contribution < -0.4 is 14.4 Å². The Bertz CT molecular complexity index is 1330. The van der Waals surface area contributed by atoms with Gasteiger partial charge in [-0.2, -0.15) is 0 Å². The molecule has 3 rings (SSSR count). The Balaban J connectivity index is 1.82. The number of carbonyl (C=O) groups excluding carboxylic acids is 2. The Morgan fingerprint density at radius 3 is 2.21 bits per heavy atom. The minimum atomic E-state index is -3.88. The van der Waals surface area contributed by atoms with E-state index in [4.69, 9.17) is 4.74 Å². The van der Waals surface area contributed by atoms with Crippen molar-refractivity contribution in [2.75, 3.05) is 23.7 Å². The molecule has 0 bridgehead atoms. The number of rotatable bonds is 12. The molecule has 8 nitrogen and oxygen atoms in total. The van der Waals surface area contributed by atoms with E-state index >= 15 is 0 Å². The third-order valence-electron chi connectivity index (χ3n) is 5.87. The van der Waals surface area contributed by atoms with Gasteiger partial charge in [-0.1, -0.05) is 48.5 Å². The molecule has 3 aromatic rings. The predicted octanol–water partition coefficient (Wildman–Crippen LogP) is 3.72. The van der Waals surface area contributed by atoms with Gasteiger partial charge in [0, 0.05) is 18.7 Å². The van der Waals surface area contributed by atoms with Crippen LogP contribution in [0, 0.1) is 5.82 Å². The third-order valence-corrected chi connectivity index (χ3v) is 7.01. The maximum absolute atomic E-state index is 14.4. The van der Waals surface area contributed by atoms with Gasteiger partial charge in [-0.15, -0.1) is 0 Å². The molecule has 202 valence electrons. The lowest BCUT2D eigenvalue weighted by molar-refractivity contribution is -0.139. The lowest BCUT2D eigenvalue weighted by atomic mass is 10.1. The molecule has 0 saturated heterocycles. The SMILES string of the molecule is CCNC(=O)[C@H](C)N(Cc1ccccc1F)C(=O)CN(c1ccc(OCc2ccccc2)cc1)S(C)(=O)=O. The minimum absolute atomic E-state index is 0.201. The fourth-order valence-corrected chi connectivity index (χ4v) is 4.63. The van der Waals surface area contributed by atoms with E-state index in [0.717, 1.165) is 16.1 Å². The van der Waals surface area contributed by atoms with Crippen molar-refractivity contribution in [1.82, 2.24) is 10.2 Å². The summed E-state index contributed by atoms with van der Waals surface area (Å²) in [5, 5.41) is 2.65. The second kappa shape index (κ2) is 13.0. The molecule has 0 fully saturated rings. The highest BCUT2D eigenvalue weighted by Gasteiger charge is 2.30. The van der Waals surface area contributed by atoms with Gasteiger partial charge in [0.15, 0.2) is 0 Å². The van der Waals surface area contributed by atoms with Gasteiger partial charge in [-0.3, -0.25) is 13.9 Å². The normalized spacial score (nSPS) is 11.9. The van der Waals surface area contributed by atoms with Gasteiger partial charge in [0.25, 0.3) is 0 Å². The number of likely N-dealkylation sites (N-methyl/N-ethyl adjacent to an activating group) is 1. The summed E-state index contributed by atoms with van der Waals surface area (Å²) < 4.78 is 46.5. The van der Waals surface area contributed by atoms with Crippen molar-refractivity contribution < 1.29 is 27.1 Å². The molecule has 0 spiro atoms. The van der Waals surface area contributed by atoms with Crippen molar-refractivity contribution in [1.29, 1.82) is 0 Å². The fourth-order valence-electron chi connectivity index (χ4n) is 3.78. The number of amides is 2. The molecule has 10 heteroatoms. The highest BCUT2D eigenvalue weighted by Crippen LogP contribution is 2.23. The highest BCUT2D eigenvalue weighted by molar-refractivity contribution is 7.92. The van der Waals surface area contributed by atoms with E-state index in [0.29, 0.717) is 18.9 Å². The molecule has 0 aliphatic heterocycles. The Morgan fingerprint density at radius 1 is 0.974 bits per heavy atom. The van der Waals surface area contributed by atoms with Crippen LogP contribution in [0.2, 0.25) is 0 Å². The summed E-state index contributed by atoms with van der Waals surface area (Å²) in [5.74, 6) is -1.08. The van der Waals surface area contributed by atoms with E-state index in [-0.39, 0.29) is 17.8 Å². The van der Waals surface area contributed by atoms with Gasteiger partial charge in [0.05, 0.1) is 11.9 Å². The average molecular weight is 542 g/mol. The van der Waals surface area contributed by atoms with E-state index in [2.05, 4.69) is 5.32 Å². The quantitative estimate of drug-likeness (QED) is 0.377. The van der Waals surface area contributed by atoms with Gasteiger partial charge >= 0.3 is 0 Å². The number of nitrogens with one attached hydrogen (secondary N) is 1. The van der Waals surface area contributed by atoms with E-state index in [1.54, 1.807) is 37.3 Å². The molecule has 1 atom stereocenters. The summed E-state index contributed by atoms with van der Waals surface area (Å²) in [6.07, 6.45) is 0.995. The molecule has 3 aromatic carbocycles. The molecular formula is C28H32FN3O5S. The summed E-state index contributed by atoms with van der Waals surface area (Å²) in [5.41, 5.74) is 1.45. The van der Waals surface area contributed by atoms with Crippen LogP contribution in [0.25, 0.3) is 0 Å². The van der Waals surface area contributed by atoms with Crippen LogP contribution in [0.5, 0.6) is 5.75 Å². The number of hydrogen-bond donors (Lipinski definition) is 1. The van der Waals surface area contributed by atoms with Crippen molar-refractivity contribution in [3.8, 4) is 5.75 Å². The van der Waals surface area contributed by atoms with E-state index in [9.17, 15) is 22.4 Å². The van der Waals surface area contributed by atoms with Crippen LogP contribution in [-0.4, -0.2) is 50.5 Å². The maximum atomic E-state index is 14.4. The van der Waals surface area contributed by atoms with Gasteiger partial charge in [0.2, 0.25) is 21.8 Å². The average Bonchev–Trinajstić information content (AvgIpc) is 2.90. The van der Waals surface area contributed by atoms with Crippen molar-refractivity contribution in [3.63, 3.8) is 0 Å². The molecule has 1 N–H and O–H groups in total. The number of halogens is 1. The molecule has 0 aromatic heterocycles. The second-order valence-corrected chi connectivity index (χ2v) is 10.6. The molecular weight excluding hydrogens is 509 g/mol. The van der Waals surface area contributed by atoms with Crippen molar-refractivity contribution in [3.05, 3.63) is 95.8 Å². The number of carbonyl (C=O) groups is 2. The molecule has 0 unspecified atom stereocenters. The summed E-state index contributed by atoms with van der Waals surface area (Å²) in [6, 6.07) is 20.9. The Labute approximate surface area is 223 Å². The number of ether oxygens (including phenoxy) is 1. The Kier molecular flexibility index (Phi) is 9.84. The van der Waals surface area contributed by atoms with Gasteiger partial charge in [0.1, 0.15) is 30.8 Å². The number of sulfonamides is 1. The predicted molar refractivity (Wildman–Crippen MR) is 145 cm³/mol. The maximum Gasteiger partial charge on any atom is 0.244 e. The van der Waals surface area contributed by atoms with Gasteiger partial charge in [-0.25, -0.2) is 12.8 Å². The number of hydrogen-bond acceptors (Lipinski definition) is 5. The molecule has 2 amide bonds. The summed E-state index contributed by atoms with van der Waals surface area (Å²) in [7, 11) is -3.88. The molecule has 0 aliphatic carbocycles. The first-order valence-corrected chi connectivity index (χ1v) is 14.0. The summed E-state index contributed by atoms with van der Waals surface area (Å²) in [6.45, 7) is 3.19.